The summed E-state index contributed by atoms with van der Waals surface area (Å²) in [6, 6.07) is 0.759. The van der Waals surface area contributed by atoms with Crippen molar-refractivity contribution in [1.82, 2.24) is 15.5 Å². The average molecular weight is 480 g/mol. The highest BCUT2D eigenvalue weighted by Crippen LogP contribution is 2.40. The molecule has 2 aliphatic rings. The zero-order valence-corrected chi connectivity index (χ0v) is 19.5. The third-order valence-corrected chi connectivity index (χ3v) is 6.21. The number of rotatable bonds is 9. The van der Waals surface area contributed by atoms with Crippen molar-refractivity contribution in [3.8, 4) is 0 Å². The van der Waals surface area contributed by atoms with Gasteiger partial charge in [-0.25, -0.2) is 0 Å². The molecule has 0 aromatic heterocycles. The lowest BCUT2D eigenvalue weighted by Crippen LogP contribution is -2.44. The number of hydrogen-bond acceptors (Lipinski definition) is 3. The van der Waals surface area contributed by atoms with Gasteiger partial charge in [-0.2, -0.15) is 0 Å². The zero-order valence-electron chi connectivity index (χ0n) is 17.2. The molecule has 2 rings (SSSR count). The summed E-state index contributed by atoms with van der Waals surface area (Å²) in [4.78, 5) is 7.05. The summed E-state index contributed by atoms with van der Waals surface area (Å²) < 4.78 is 5.33. The number of aliphatic imine (C=N–C) groups is 1. The van der Waals surface area contributed by atoms with E-state index in [2.05, 4.69) is 27.4 Å². The molecular formula is C20H41IN4O. The van der Waals surface area contributed by atoms with Crippen molar-refractivity contribution < 1.29 is 4.74 Å². The van der Waals surface area contributed by atoms with Crippen LogP contribution in [0.5, 0.6) is 0 Å². The molecule has 2 N–H and O–H groups in total. The van der Waals surface area contributed by atoms with Gasteiger partial charge in [0.2, 0.25) is 0 Å². The van der Waals surface area contributed by atoms with Crippen molar-refractivity contribution in [3.63, 3.8) is 0 Å². The molecule has 0 aromatic carbocycles. The van der Waals surface area contributed by atoms with Crippen LogP contribution in [0.25, 0.3) is 0 Å². The van der Waals surface area contributed by atoms with E-state index in [9.17, 15) is 0 Å². The summed E-state index contributed by atoms with van der Waals surface area (Å²) in [5.74, 6) is 0.954. The minimum absolute atomic E-state index is 0. The first kappa shape index (κ1) is 24.0. The Balaban J connectivity index is 0.00000338. The number of ether oxygens (including phenoxy) is 1. The van der Waals surface area contributed by atoms with Gasteiger partial charge >= 0.3 is 0 Å². The summed E-state index contributed by atoms with van der Waals surface area (Å²) in [6.45, 7) is 7.71. The SMILES string of the molecule is CN=C(NCCCN1CCCCC1C)NCC1(CCOC)CCCC1.I. The van der Waals surface area contributed by atoms with Gasteiger partial charge in [0.15, 0.2) is 5.96 Å². The van der Waals surface area contributed by atoms with Crippen LogP contribution in [0.4, 0.5) is 0 Å². The lowest BCUT2D eigenvalue weighted by atomic mass is 9.83. The number of halogens is 1. The molecule has 0 amide bonds. The number of methoxy groups -OCH3 is 1. The number of hydrogen-bond donors (Lipinski definition) is 2. The highest BCUT2D eigenvalue weighted by Gasteiger charge is 2.33. The molecule has 1 atom stereocenters. The molecule has 1 saturated carbocycles. The Morgan fingerprint density at radius 2 is 1.96 bits per heavy atom. The maximum Gasteiger partial charge on any atom is 0.190 e. The number of piperidine rings is 1. The van der Waals surface area contributed by atoms with Gasteiger partial charge in [-0.15, -0.1) is 24.0 Å². The van der Waals surface area contributed by atoms with E-state index in [0.717, 1.165) is 38.1 Å². The second-order valence-corrected chi connectivity index (χ2v) is 8.04. The molecule has 1 heterocycles. The fourth-order valence-corrected chi connectivity index (χ4v) is 4.43. The van der Waals surface area contributed by atoms with Crippen LogP contribution in [-0.2, 0) is 4.74 Å². The first-order valence-corrected chi connectivity index (χ1v) is 10.4. The minimum atomic E-state index is 0. The van der Waals surface area contributed by atoms with Gasteiger partial charge in [-0.1, -0.05) is 19.3 Å². The first-order valence-electron chi connectivity index (χ1n) is 10.4. The molecule has 154 valence electrons. The topological polar surface area (TPSA) is 48.9 Å². The summed E-state index contributed by atoms with van der Waals surface area (Å²) in [5, 5.41) is 7.08. The van der Waals surface area contributed by atoms with Crippen LogP contribution in [0.1, 0.15) is 64.7 Å². The normalized spacial score (nSPS) is 23.5. The summed E-state index contributed by atoms with van der Waals surface area (Å²) in [5.41, 5.74) is 0.400. The molecule has 2 fully saturated rings. The van der Waals surface area contributed by atoms with Gasteiger partial charge < -0.3 is 20.3 Å². The molecule has 0 radical (unpaired) electrons. The molecule has 1 aliphatic carbocycles. The maximum absolute atomic E-state index is 5.33. The Morgan fingerprint density at radius 3 is 2.62 bits per heavy atom. The lowest BCUT2D eigenvalue weighted by molar-refractivity contribution is 0.138. The second kappa shape index (κ2) is 13.2. The van der Waals surface area contributed by atoms with Crippen LogP contribution in [0.15, 0.2) is 4.99 Å². The van der Waals surface area contributed by atoms with E-state index in [0.29, 0.717) is 5.41 Å². The number of likely N-dealkylation sites (tertiary alicyclic amines) is 1. The van der Waals surface area contributed by atoms with Crippen LogP contribution >= 0.6 is 24.0 Å². The van der Waals surface area contributed by atoms with Gasteiger partial charge in [-0.05, 0) is 57.4 Å². The fraction of sp³-hybridized carbons (Fsp3) is 0.950. The second-order valence-electron chi connectivity index (χ2n) is 8.04. The monoisotopic (exact) mass is 480 g/mol. The van der Waals surface area contributed by atoms with E-state index in [1.54, 1.807) is 7.11 Å². The van der Waals surface area contributed by atoms with E-state index < -0.39 is 0 Å². The van der Waals surface area contributed by atoms with E-state index in [-0.39, 0.29) is 24.0 Å². The summed E-state index contributed by atoms with van der Waals surface area (Å²) in [7, 11) is 3.68. The highest BCUT2D eigenvalue weighted by atomic mass is 127. The maximum atomic E-state index is 5.33. The van der Waals surface area contributed by atoms with E-state index in [1.807, 2.05) is 7.05 Å². The fourth-order valence-electron chi connectivity index (χ4n) is 4.43. The Labute approximate surface area is 178 Å². The summed E-state index contributed by atoms with van der Waals surface area (Å²) in [6.07, 6.45) is 11.8. The zero-order chi connectivity index (χ0) is 18.0. The molecule has 1 saturated heterocycles. The van der Waals surface area contributed by atoms with Crippen molar-refractivity contribution in [2.45, 2.75) is 70.8 Å². The van der Waals surface area contributed by atoms with Crippen molar-refractivity contribution in [2.24, 2.45) is 10.4 Å². The Bertz CT molecular complexity index is 399. The largest absolute Gasteiger partial charge is 0.385 e. The van der Waals surface area contributed by atoms with Gasteiger partial charge in [0, 0.05) is 46.4 Å². The predicted molar refractivity (Wildman–Crippen MR) is 122 cm³/mol. The lowest BCUT2D eigenvalue weighted by Gasteiger charge is -2.33. The van der Waals surface area contributed by atoms with Gasteiger partial charge in [0.25, 0.3) is 0 Å². The highest BCUT2D eigenvalue weighted by molar-refractivity contribution is 14.0. The molecule has 5 nitrogen and oxygen atoms in total. The molecule has 6 heteroatoms. The van der Waals surface area contributed by atoms with Crippen LogP contribution in [0.2, 0.25) is 0 Å². The quantitative estimate of drug-likeness (QED) is 0.229. The average Bonchev–Trinajstić information content (AvgIpc) is 3.10. The van der Waals surface area contributed by atoms with Gasteiger partial charge in [-0.3, -0.25) is 4.99 Å². The Kier molecular flexibility index (Phi) is 12.1. The minimum Gasteiger partial charge on any atom is -0.385 e. The van der Waals surface area contributed by atoms with Crippen LogP contribution in [0, 0.1) is 5.41 Å². The molecule has 0 aromatic rings. The van der Waals surface area contributed by atoms with Gasteiger partial charge in [0.1, 0.15) is 0 Å². The van der Waals surface area contributed by atoms with Gasteiger partial charge in [0.05, 0.1) is 0 Å². The van der Waals surface area contributed by atoms with E-state index in [1.165, 1.54) is 64.5 Å². The molecule has 0 bridgehead atoms. The standard InChI is InChI=1S/C20H40N4O.HI/c1-18-9-4-7-14-24(18)15-8-13-22-19(21-2)23-17-20(12-16-25-3)10-5-6-11-20;/h18H,4-17H2,1-3H3,(H2,21,22,23);1H. The van der Waals surface area contributed by atoms with Crippen molar-refractivity contribution in [2.75, 3.05) is 46.9 Å². The predicted octanol–water partition coefficient (Wildman–Crippen LogP) is 3.63. The molecule has 1 aliphatic heterocycles. The number of nitrogens with zero attached hydrogens (tertiary/aromatic N) is 2. The van der Waals surface area contributed by atoms with Crippen LogP contribution < -0.4 is 10.6 Å². The third-order valence-electron chi connectivity index (χ3n) is 6.21. The smallest absolute Gasteiger partial charge is 0.190 e. The molecule has 1 unspecified atom stereocenters. The van der Waals surface area contributed by atoms with Crippen molar-refractivity contribution in [3.05, 3.63) is 0 Å². The van der Waals surface area contributed by atoms with E-state index >= 15 is 0 Å². The number of nitrogens with one attached hydrogen (secondary N) is 2. The Hall–Kier alpha value is -0.0800. The van der Waals surface area contributed by atoms with E-state index in [4.69, 9.17) is 4.74 Å². The summed E-state index contributed by atoms with van der Waals surface area (Å²) >= 11 is 0. The Morgan fingerprint density at radius 1 is 1.19 bits per heavy atom. The molecule has 26 heavy (non-hydrogen) atoms. The van der Waals surface area contributed by atoms with Crippen molar-refractivity contribution in [1.29, 1.82) is 0 Å². The number of guanidine groups is 1. The third kappa shape index (κ3) is 7.89. The van der Waals surface area contributed by atoms with Crippen LogP contribution in [0.3, 0.4) is 0 Å². The van der Waals surface area contributed by atoms with Crippen molar-refractivity contribution >= 4 is 29.9 Å². The first-order chi connectivity index (χ1) is 12.2. The van der Waals surface area contributed by atoms with Crippen LogP contribution in [-0.4, -0.2) is 63.8 Å². The molecular weight excluding hydrogens is 439 g/mol. The molecule has 0 spiro atoms.